The topological polar surface area (TPSA) is 26.3 Å². The van der Waals surface area contributed by atoms with Crippen molar-refractivity contribution in [3.05, 3.63) is 35.5 Å². The Morgan fingerprint density at radius 3 is 2.58 bits per heavy atom. The highest BCUT2D eigenvalue weighted by atomic mass is 16.5. The predicted molar refractivity (Wildman–Crippen MR) is 128 cm³/mol. The molecular formula is C29H44O2. The molecule has 0 amide bonds. The fraction of sp³-hybridized carbons (Fsp3) is 0.759. The van der Waals surface area contributed by atoms with E-state index in [2.05, 4.69) is 58.9 Å². The molecular weight excluding hydrogens is 380 g/mol. The smallest absolute Gasteiger partial charge is 0.302 e. The normalized spacial score (nSPS) is 40.6. The van der Waals surface area contributed by atoms with Crippen molar-refractivity contribution >= 4 is 5.97 Å². The maximum Gasteiger partial charge on any atom is 0.302 e. The highest BCUT2D eigenvalue weighted by Gasteiger charge is 2.56. The van der Waals surface area contributed by atoms with E-state index in [1.165, 1.54) is 44.6 Å². The first kappa shape index (κ1) is 22.9. The van der Waals surface area contributed by atoms with E-state index in [9.17, 15) is 4.79 Å². The van der Waals surface area contributed by atoms with Crippen LogP contribution < -0.4 is 0 Å². The molecule has 4 rings (SSSR count). The molecule has 0 aromatic heterocycles. The molecule has 0 saturated heterocycles. The third-order valence-electron chi connectivity index (χ3n) is 9.97. The van der Waals surface area contributed by atoms with E-state index < -0.39 is 0 Å². The first-order valence-electron chi connectivity index (χ1n) is 12.9. The largest absolute Gasteiger partial charge is 0.462 e. The van der Waals surface area contributed by atoms with Crippen LogP contribution in [0.5, 0.6) is 0 Å². The number of fused-ring (bicyclic) bond motifs is 5. The zero-order chi connectivity index (χ0) is 22.4. The number of allylic oxidation sites excluding steroid dienone is 5. The van der Waals surface area contributed by atoms with Gasteiger partial charge in [0.2, 0.25) is 0 Å². The van der Waals surface area contributed by atoms with Crippen molar-refractivity contribution in [2.24, 2.45) is 40.4 Å². The van der Waals surface area contributed by atoms with Gasteiger partial charge in [0, 0.05) is 13.3 Å². The van der Waals surface area contributed by atoms with Gasteiger partial charge in [-0.15, -0.1) is 0 Å². The van der Waals surface area contributed by atoms with Crippen molar-refractivity contribution in [2.75, 3.05) is 0 Å². The zero-order valence-electron chi connectivity index (χ0n) is 20.7. The Balaban J connectivity index is 1.51. The van der Waals surface area contributed by atoms with Gasteiger partial charge in [-0.1, -0.05) is 70.1 Å². The summed E-state index contributed by atoms with van der Waals surface area (Å²) < 4.78 is 5.58. The van der Waals surface area contributed by atoms with Crippen molar-refractivity contribution in [1.82, 2.24) is 0 Å². The molecule has 0 aromatic carbocycles. The molecule has 0 aliphatic heterocycles. The third kappa shape index (κ3) is 4.09. The molecule has 31 heavy (non-hydrogen) atoms. The lowest BCUT2D eigenvalue weighted by Gasteiger charge is -2.54. The molecule has 2 nitrogen and oxygen atoms in total. The number of ether oxygens (including phenoxy) is 1. The van der Waals surface area contributed by atoms with E-state index in [1.807, 2.05) is 0 Å². The number of carbonyl (C=O) groups is 1. The van der Waals surface area contributed by atoms with Crippen LogP contribution in [0, 0.1) is 40.4 Å². The predicted octanol–water partition coefficient (Wildman–Crippen LogP) is 7.66. The summed E-state index contributed by atoms with van der Waals surface area (Å²) in [5.41, 5.74) is 4.02. The van der Waals surface area contributed by atoms with Crippen LogP contribution in [0.15, 0.2) is 35.5 Å². The second-order valence-corrected chi connectivity index (χ2v) is 11.9. The number of esters is 1. The van der Waals surface area contributed by atoms with Crippen LogP contribution in [-0.4, -0.2) is 12.1 Å². The van der Waals surface area contributed by atoms with Crippen LogP contribution in [0.25, 0.3) is 0 Å². The minimum Gasteiger partial charge on any atom is -0.462 e. The summed E-state index contributed by atoms with van der Waals surface area (Å²) >= 11 is 0. The lowest BCUT2D eigenvalue weighted by molar-refractivity contribution is -0.148. The Labute approximate surface area is 190 Å². The number of rotatable bonds is 5. The summed E-state index contributed by atoms with van der Waals surface area (Å²) in [5, 5.41) is 0. The molecule has 0 radical (unpaired) electrons. The van der Waals surface area contributed by atoms with Gasteiger partial charge in [0.05, 0.1) is 0 Å². The van der Waals surface area contributed by atoms with Crippen LogP contribution in [0.3, 0.4) is 0 Å². The van der Waals surface area contributed by atoms with E-state index >= 15 is 0 Å². The van der Waals surface area contributed by atoms with Gasteiger partial charge in [-0.05, 0) is 85.4 Å². The standard InChI is InChI=1S/C29H44O2/c1-19(2)20(3)8-7-9-22-11-13-26-25-12-10-23-18-24(31-21(4)30)14-16-29(23,6)27(25)15-17-28(22,26)5/h7-8,10,12,19-20,22,24,26-27H,9,11,13-18H2,1-6H3/b8-7+/t20-,22-,24-,26?,27?,28+,29-/m0/s1. The van der Waals surface area contributed by atoms with Gasteiger partial charge in [0.1, 0.15) is 6.10 Å². The fourth-order valence-corrected chi connectivity index (χ4v) is 7.48. The molecule has 7 atom stereocenters. The van der Waals surface area contributed by atoms with E-state index in [0.717, 1.165) is 37.0 Å². The summed E-state index contributed by atoms with van der Waals surface area (Å²) in [4.78, 5) is 11.5. The lowest BCUT2D eigenvalue weighted by Crippen LogP contribution is -2.46. The summed E-state index contributed by atoms with van der Waals surface area (Å²) in [6.45, 7) is 13.6. The monoisotopic (exact) mass is 424 g/mol. The highest BCUT2D eigenvalue weighted by molar-refractivity contribution is 5.66. The number of carbonyl (C=O) groups excluding carboxylic acids is 1. The molecule has 3 fully saturated rings. The Morgan fingerprint density at radius 1 is 1.10 bits per heavy atom. The first-order valence-corrected chi connectivity index (χ1v) is 12.9. The maximum absolute atomic E-state index is 11.5. The summed E-state index contributed by atoms with van der Waals surface area (Å²) in [6.07, 6.45) is 19.8. The van der Waals surface area contributed by atoms with Crippen molar-refractivity contribution in [1.29, 1.82) is 0 Å². The van der Waals surface area contributed by atoms with Gasteiger partial charge in [0.25, 0.3) is 0 Å². The molecule has 0 heterocycles. The second-order valence-electron chi connectivity index (χ2n) is 11.9. The van der Waals surface area contributed by atoms with Crippen molar-refractivity contribution in [3.63, 3.8) is 0 Å². The summed E-state index contributed by atoms with van der Waals surface area (Å²) in [7, 11) is 0. The van der Waals surface area contributed by atoms with Crippen LogP contribution >= 0.6 is 0 Å². The summed E-state index contributed by atoms with van der Waals surface area (Å²) in [5.74, 6) is 3.54. The molecule has 3 saturated carbocycles. The Morgan fingerprint density at radius 2 is 1.87 bits per heavy atom. The van der Waals surface area contributed by atoms with Crippen LogP contribution in [0.1, 0.15) is 92.9 Å². The fourth-order valence-electron chi connectivity index (χ4n) is 7.48. The molecule has 0 bridgehead atoms. The van der Waals surface area contributed by atoms with Crippen molar-refractivity contribution in [2.45, 2.75) is 99.0 Å². The van der Waals surface area contributed by atoms with Crippen LogP contribution in [-0.2, 0) is 9.53 Å². The van der Waals surface area contributed by atoms with E-state index in [1.54, 1.807) is 5.57 Å². The van der Waals surface area contributed by atoms with Crippen LogP contribution in [0.2, 0.25) is 0 Å². The molecule has 0 N–H and O–H groups in total. The zero-order valence-corrected chi connectivity index (χ0v) is 20.7. The minimum atomic E-state index is -0.136. The third-order valence-corrected chi connectivity index (χ3v) is 9.97. The minimum absolute atomic E-state index is 0.0801. The average molecular weight is 425 g/mol. The van der Waals surface area contributed by atoms with Gasteiger partial charge in [-0.2, -0.15) is 0 Å². The quantitative estimate of drug-likeness (QED) is 0.334. The average Bonchev–Trinajstić information content (AvgIpc) is 3.04. The molecule has 2 unspecified atom stereocenters. The second kappa shape index (κ2) is 8.56. The van der Waals surface area contributed by atoms with E-state index in [-0.39, 0.29) is 17.5 Å². The molecule has 0 aromatic rings. The Bertz CT molecular complexity index is 787. The Hall–Kier alpha value is -1.31. The van der Waals surface area contributed by atoms with Gasteiger partial charge < -0.3 is 4.74 Å². The molecule has 4 aliphatic rings. The summed E-state index contributed by atoms with van der Waals surface area (Å²) in [6, 6.07) is 0. The molecule has 172 valence electrons. The SMILES string of the molecule is CC(=O)O[C@H]1CC[C@@]2(C)C(=CC=C3C2CC[C@@]2(C)C3CC[C@@H]2C/C=C/[C@H](C)C(C)C)C1. The first-order chi connectivity index (χ1) is 14.6. The maximum atomic E-state index is 11.5. The van der Waals surface area contributed by atoms with Crippen molar-refractivity contribution in [3.8, 4) is 0 Å². The Kier molecular flexibility index (Phi) is 6.32. The van der Waals surface area contributed by atoms with Gasteiger partial charge in [0.15, 0.2) is 0 Å². The van der Waals surface area contributed by atoms with Gasteiger partial charge in [-0.3, -0.25) is 4.79 Å². The van der Waals surface area contributed by atoms with Crippen LogP contribution in [0.4, 0.5) is 0 Å². The van der Waals surface area contributed by atoms with Crippen molar-refractivity contribution < 1.29 is 9.53 Å². The molecule has 4 aliphatic carbocycles. The number of hydrogen-bond donors (Lipinski definition) is 0. The lowest BCUT2D eigenvalue weighted by atomic mass is 9.50. The highest BCUT2D eigenvalue weighted by Crippen LogP contribution is 2.65. The van der Waals surface area contributed by atoms with E-state index in [0.29, 0.717) is 17.3 Å². The van der Waals surface area contributed by atoms with Gasteiger partial charge >= 0.3 is 5.97 Å². The number of hydrogen-bond acceptors (Lipinski definition) is 2. The van der Waals surface area contributed by atoms with E-state index in [4.69, 9.17) is 4.74 Å². The molecule has 2 heteroatoms. The van der Waals surface area contributed by atoms with Gasteiger partial charge in [-0.25, -0.2) is 0 Å². The molecule has 0 spiro atoms.